The van der Waals surface area contributed by atoms with Crippen LogP contribution in [0.15, 0.2) is 11.4 Å². The highest BCUT2D eigenvalue weighted by Crippen LogP contribution is 2.28. The number of nitriles is 1. The van der Waals surface area contributed by atoms with Crippen LogP contribution in [0.1, 0.15) is 49.5 Å². The van der Waals surface area contributed by atoms with E-state index < -0.39 is 0 Å². The number of hydrogen-bond acceptors (Lipinski definition) is 3. The molecule has 1 aliphatic rings. The molecule has 1 saturated carbocycles. The Morgan fingerprint density at radius 3 is 2.81 bits per heavy atom. The van der Waals surface area contributed by atoms with E-state index >= 15 is 0 Å². The van der Waals surface area contributed by atoms with Gasteiger partial charge in [-0.1, -0.05) is 19.3 Å². The van der Waals surface area contributed by atoms with Gasteiger partial charge in [0.25, 0.3) is 0 Å². The molecule has 2 rings (SSSR count). The molecule has 3 heteroatoms. The van der Waals surface area contributed by atoms with Gasteiger partial charge in [-0.15, -0.1) is 11.3 Å². The Balaban J connectivity index is 1.89. The Morgan fingerprint density at radius 2 is 2.19 bits per heavy atom. The zero-order valence-electron chi connectivity index (χ0n) is 9.75. The van der Waals surface area contributed by atoms with Gasteiger partial charge in [0, 0.05) is 22.3 Å². The van der Waals surface area contributed by atoms with Crippen LogP contribution >= 0.6 is 11.3 Å². The molecule has 0 saturated heterocycles. The first-order valence-corrected chi connectivity index (χ1v) is 6.82. The molecule has 1 aromatic heterocycles. The van der Waals surface area contributed by atoms with Gasteiger partial charge in [-0.2, -0.15) is 5.26 Å². The first-order chi connectivity index (χ1) is 7.72. The molecule has 0 aliphatic heterocycles. The molecule has 16 heavy (non-hydrogen) atoms. The Hall–Kier alpha value is -0.850. The van der Waals surface area contributed by atoms with Crippen LogP contribution in [0.5, 0.6) is 0 Å². The average molecular weight is 234 g/mol. The van der Waals surface area contributed by atoms with Crippen molar-refractivity contribution in [1.29, 1.82) is 5.26 Å². The molecule has 1 N–H and O–H groups in total. The van der Waals surface area contributed by atoms with Crippen molar-refractivity contribution < 1.29 is 0 Å². The minimum absolute atomic E-state index is 0.315. The largest absolute Gasteiger partial charge is 0.307 e. The molecule has 2 nitrogen and oxygen atoms in total. The number of nitrogens with zero attached hydrogens (tertiary/aromatic N) is 1. The molecule has 0 bridgehead atoms. The van der Waals surface area contributed by atoms with Crippen molar-refractivity contribution in [3.8, 4) is 6.07 Å². The van der Waals surface area contributed by atoms with E-state index in [9.17, 15) is 0 Å². The van der Waals surface area contributed by atoms with Crippen LogP contribution in [-0.4, -0.2) is 5.54 Å². The zero-order valence-corrected chi connectivity index (χ0v) is 10.6. The van der Waals surface area contributed by atoms with Crippen LogP contribution in [0.25, 0.3) is 0 Å². The smallest absolute Gasteiger partial charge is 0.100 e. The normalized spacial score (nSPS) is 19.2. The minimum Gasteiger partial charge on any atom is -0.307 e. The minimum atomic E-state index is 0.315. The summed E-state index contributed by atoms with van der Waals surface area (Å²) < 4.78 is 0. The van der Waals surface area contributed by atoms with E-state index in [0.29, 0.717) is 5.54 Å². The van der Waals surface area contributed by atoms with Gasteiger partial charge in [0.15, 0.2) is 0 Å². The van der Waals surface area contributed by atoms with Crippen molar-refractivity contribution in [2.45, 2.75) is 51.1 Å². The maximum atomic E-state index is 8.75. The third kappa shape index (κ3) is 2.84. The lowest BCUT2D eigenvalue weighted by Crippen LogP contribution is -2.43. The van der Waals surface area contributed by atoms with Gasteiger partial charge in [0.2, 0.25) is 0 Å². The molecule has 0 unspecified atom stereocenters. The number of thiophene rings is 1. The van der Waals surface area contributed by atoms with Crippen LogP contribution in [0.4, 0.5) is 0 Å². The van der Waals surface area contributed by atoms with E-state index in [2.05, 4.69) is 18.3 Å². The lowest BCUT2D eigenvalue weighted by atomic mass is 9.83. The van der Waals surface area contributed by atoms with Crippen molar-refractivity contribution in [2.24, 2.45) is 0 Å². The Kier molecular flexibility index (Phi) is 3.63. The molecule has 1 aliphatic carbocycles. The Morgan fingerprint density at radius 1 is 1.44 bits per heavy atom. The highest BCUT2D eigenvalue weighted by atomic mass is 32.1. The molecule has 1 fully saturated rings. The molecular formula is C13H18N2S. The van der Waals surface area contributed by atoms with Crippen molar-refractivity contribution in [2.75, 3.05) is 0 Å². The van der Waals surface area contributed by atoms with Gasteiger partial charge in [-0.3, -0.25) is 0 Å². The monoisotopic (exact) mass is 234 g/mol. The third-order valence-corrected chi connectivity index (χ3v) is 4.37. The highest BCUT2D eigenvalue weighted by molar-refractivity contribution is 7.10. The van der Waals surface area contributed by atoms with Gasteiger partial charge >= 0.3 is 0 Å². The summed E-state index contributed by atoms with van der Waals surface area (Å²) in [4.78, 5) is 1.27. The summed E-state index contributed by atoms with van der Waals surface area (Å²) in [5.41, 5.74) is 1.10. The summed E-state index contributed by atoms with van der Waals surface area (Å²) in [6.07, 6.45) is 6.64. The van der Waals surface area contributed by atoms with Crippen molar-refractivity contribution in [3.05, 3.63) is 21.9 Å². The lowest BCUT2D eigenvalue weighted by molar-refractivity contribution is 0.253. The average Bonchev–Trinajstić information content (AvgIpc) is 2.75. The molecular weight excluding hydrogens is 216 g/mol. The first-order valence-electron chi connectivity index (χ1n) is 5.94. The summed E-state index contributed by atoms with van der Waals surface area (Å²) in [6.45, 7) is 3.23. The van der Waals surface area contributed by atoms with Gasteiger partial charge in [-0.05, 0) is 25.8 Å². The molecule has 1 aromatic rings. The van der Waals surface area contributed by atoms with Crippen LogP contribution < -0.4 is 5.32 Å². The second-order valence-corrected chi connectivity index (χ2v) is 5.88. The molecule has 0 amide bonds. The number of nitrogens with one attached hydrogen (secondary N) is 1. The third-order valence-electron chi connectivity index (χ3n) is 3.43. The summed E-state index contributed by atoms with van der Waals surface area (Å²) in [6, 6.07) is 4.17. The van der Waals surface area contributed by atoms with Crippen molar-refractivity contribution in [3.63, 3.8) is 0 Å². The summed E-state index contributed by atoms with van der Waals surface area (Å²) >= 11 is 1.68. The van der Waals surface area contributed by atoms with E-state index in [1.54, 1.807) is 11.3 Å². The van der Waals surface area contributed by atoms with E-state index in [0.717, 1.165) is 12.1 Å². The van der Waals surface area contributed by atoms with E-state index in [-0.39, 0.29) is 0 Å². The number of rotatable bonds is 3. The van der Waals surface area contributed by atoms with Gasteiger partial charge in [-0.25, -0.2) is 0 Å². The van der Waals surface area contributed by atoms with Crippen LogP contribution in [0.3, 0.4) is 0 Å². The van der Waals surface area contributed by atoms with Gasteiger partial charge < -0.3 is 5.32 Å². The summed E-state index contributed by atoms with van der Waals surface area (Å²) in [5, 5.41) is 14.3. The maximum Gasteiger partial charge on any atom is 0.100 e. The topological polar surface area (TPSA) is 35.8 Å². The SMILES string of the molecule is CC1(NCc2cc(C#N)cs2)CCCCC1. The second kappa shape index (κ2) is 4.99. The summed E-state index contributed by atoms with van der Waals surface area (Å²) in [7, 11) is 0. The summed E-state index contributed by atoms with van der Waals surface area (Å²) in [5.74, 6) is 0. The van der Waals surface area contributed by atoms with Crippen molar-refractivity contribution in [1.82, 2.24) is 5.32 Å². The molecule has 1 heterocycles. The molecule has 0 atom stereocenters. The predicted octanol–water partition coefficient (Wildman–Crippen LogP) is 3.43. The fraction of sp³-hybridized carbons (Fsp3) is 0.615. The van der Waals surface area contributed by atoms with Gasteiger partial charge in [0.1, 0.15) is 6.07 Å². The quantitative estimate of drug-likeness (QED) is 0.869. The van der Waals surface area contributed by atoms with Crippen LogP contribution in [0, 0.1) is 11.3 Å². The predicted molar refractivity (Wildman–Crippen MR) is 67.4 cm³/mol. The fourth-order valence-electron chi connectivity index (χ4n) is 2.34. The molecule has 0 radical (unpaired) electrons. The van der Waals surface area contributed by atoms with Crippen LogP contribution in [-0.2, 0) is 6.54 Å². The van der Waals surface area contributed by atoms with Crippen LogP contribution in [0.2, 0.25) is 0 Å². The van der Waals surface area contributed by atoms with Crippen molar-refractivity contribution >= 4 is 11.3 Å². The first kappa shape index (κ1) is 11.6. The van der Waals surface area contributed by atoms with Gasteiger partial charge in [0.05, 0.1) is 5.56 Å². The molecule has 86 valence electrons. The molecule has 0 aromatic carbocycles. The number of hydrogen-bond donors (Lipinski definition) is 1. The van der Waals surface area contributed by atoms with E-state index in [4.69, 9.17) is 5.26 Å². The lowest BCUT2D eigenvalue weighted by Gasteiger charge is -2.34. The zero-order chi connectivity index (χ0) is 11.4. The Bertz CT molecular complexity index is 383. The van der Waals surface area contributed by atoms with E-state index in [1.807, 2.05) is 11.4 Å². The molecule has 0 spiro atoms. The highest BCUT2D eigenvalue weighted by Gasteiger charge is 2.25. The standard InChI is InChI=1S/C13H18N2S/c1-13(5-3-2-4-6-13)15-9-12-7-11(8-14)10-16-12/h7,10,15H,2-6,9H2,1H3. The Labute approximate surface area is 101 Å². The van der Waals surface area contributed by atoms with E-state index in [1.165, 1.54) is 37.0 Å². The maximum absolute atomic E-state index is 8.75. The fourth-order valence-corrected chi connectivity index (χ4v) is 3.09. The second-order valence-electron chi connectivity index (χ2n) is 4.89.